The van der Waals surface area contributed by atoms with Gasteiger partial charge in [0.2, 0.25) is 0 Å². The fraction of sp³-hybridized carbons (Fsp3) is 0.800. The predicted octanol–water partition coefficient (Wildman–Crippen LogP) is 2.07. The van der Waals surface area contributed by atoms with Gasteiger partial charge in [0.05, 0.1) is 6.10 Å². The van der Waals surface area contributed by atoms with Crippen molar-refractivity contribution < 1.29 is 15.0 Å². The Bertz CT molecular complexity index is 393. The second-order valence-electron chi connectivity index (χ2n) is 6.46. The van der Waals surface area contributed by atoms with E-state index in [1.165, 1.54) is 0 Å². The Morgan fingerprint density at radius 2 is 1.94 bits per heavy atom. The number of carbonyl (C=O) groups is 1. The Balaban J connectivity index is 2.46. The number of allylic oxidation sites excluding steroid dienone is 1. The molecule has 18 heavy (non-hydrogen) atoms. The molecule has 0 saturated heterocycles. The van der Waals surface area contributed by atoms with Gasteiger partial charge in [0.1, 0.15) is 5.60 Å². The summed E-state index contributed by atoms with van der Waals surface area (Å²) in [6.07, 6.45) is 1.33. The van der Waals surface area contributed by atoms with Crippen LogP contribution in [0.4, 0.5) is 0 Å². The molecule has 0 unspecified atom stereocenters. The van der Waals surface area contributed by atoms with Crippen molar-refractivity contribution in [2.24, 2.45) is 17.8 Å². The molecule has 0 heterocycles. The number of carbonyl (C=O) groups excluding carboxylic acids is 1. The average Bonchev–Trinajstić information content (AvgIpc) is 2.59. The minimum absolute atomic E-state index is 0.0192. The first-order valence-electron chi connectivity index (χ1n) is 6.95. The van der Waals surface area contributed by atoms with Crippen LogP contribution in [0.3, 0.4) is 0 Å². The first-order chi connectivity index (χ1) is 8.26. The second kappa shape index (κ2) is 4.46. The highest BCUT2D eigenvalue weighted by atomic mass is 16.3. The average molecular weight is 252 g/mol. The van der Waals surface area contributed by atoms with Gasteiger partial charge in [-0.3, -0.25) is 4.79 Å². The Kier molecular flexibility index (Phi) is 3.41. The summed E-state index contributed by atoms with van der Waals surface area (Å²) in [5.74, 6) is 0.605. The molecule has 0 spiro atoms. The summed E-state index contributed by atoms with van der Waals surface area (Å²) >= 11 is 0. The maximum absolute atomic E-state index is 12.5. The maximum Gasteiger partial charge on any atom is 0.165 e. The molecule has 2 aliphatic carbocycles. The van der Waals surface area contributed by atoms with E-state index in [1.54, 1.807) is 6.92 Å². The zero-order chi connectivity index (χ0) is 13.7. The SMILES string of the molecule is CC(C)[C@@H]1CC2=C(C1=O)[C@](C)(O)[C@H](O)CC[C@@H]2C. The highest BCUT2D eigenvalue weighted by Crippen LogP contribution is 2.46. The second-order valence-corrected chi connectivity index (χ2v) is 6.46. The molecule has 0 aromatic rings. The van der Waals surface area contributed by atoms with Crippen LogP contribution in [0.25, 0.3) is 0 Å². The molecule has 2 N–H and O–H groups in total. The number of Topliss-reactive ketones (excluding diaryl/α,β-unsaturated/α-hetero) is 1. The summed E-state index contributed by atoms with van der Waals surface area (Å²) in [6.45, 7) is 7.78. The molecule has 4 atom stereocenters. The number of hydrogen-bond donors (Lipinski definition) is 2. The van der Waals surface area contributed by atoms with Gasteiger partial charge in [-0.25, -0.2) is 0 Å². The zero-order valence-corrected chi connectivity index (χ0v) is 11.7. The first-order valence-corrected chi connectivity index (χ1v) is 6.95. The molecule has 0 fully saturated rings. The van der Waals surface area contributed by atoms with E-state index in [9.17, 15) is 15.0 Å². The molecule has 2 rings (SSSR count). The van der Waals surface area contributed by atoms with Gasteiger partial charge in [-0.15, -0.1) is 0 Å². The summed E-state index contributed by atoms with van der Waals surface area (Å²) in [7, 11) is 0. The lowest BCUT2D eigenvalue weighted by Gasteiger charge is -2.29. The number of aliphatic hydroxyl groups is 2. The van der Waals surface area contributed by atoms with Crippen LogP contribution < -0.4 is 0 Å². The Hall–Kier alpha value is -0.670. The van der Waals surface area contributed by atoms with Gasteiger partial charge >= 0.3 is 0 Å². The number of ketones is 1. The lowest BCUT2D eigenvalue weighted by atomic mass is 9.83. The van der Waals surface area contributed by atoms with Crippen molar-refractivity contribution in [2.45, 2.75) is 58.7 Å². The van der Waals surface area contributed by atoms with Crippen molar-refractivity contribution in [3.05, 3.63) is 11.1 Å². The molecule has 3 heteroatoms. The van der Waals surface area contributed by atoms with E-state index in [0.29, 0.717) is 12.0 Å². The fourth-order valence-electron chi connectivity index (χ4n) is 3.37. The van der Waals surface area contributed by atoms with Gasteiger partial charge in [-0.1, -0.05) is 26.3 Å². The van der Waals surface area contributed by atoms with Crippen LogP contribution >= 0.6 is 0 Å². The smallest absolute Gasteiger partial charge is 0.165 e. The Labute approximate surface area is 109 Å². The minimum Gasteiger partial charge on any atom is -0.390 e. The Morgan fingerprint density at radius 3 is 2.50 bits per heavy atom. The molecule has 0 aromatic heterocycles. The van der Waals surface area contributed by atoms with E-state index in [-0.39, 0.29) is 23.5 Å². The Morgan fingerprint density at radius 1 is 1.33 bits per heavy atom. The molecule has 0 radical (unpaired) electrons. The predicted molar refractivity (Wildman–Crippen MR) is 70.0 cm³/mol. The zero-order valence-electron chi connectivity index (χ0n) is 11.7. The van der Waals surface area contributed by atoms with Gasteiger partial charge in [0.15, 0.2) is 5.78 Å². The minimum atomic E-state index is -1.37. The summed E-state index contributed by atoms with van der Waals surface area (Å²) in [5.41, 5.74) is 0.222. The molecule has 2 aliphatic rings. The summed E-state index contributed by atoms with van der Waals surface area (Å²) in [5, 5.41) is 20.6. The van der Waals surface area contributed by atoms with Crippen molar-refractivity contribution in [3.8, 4) is 0 Å². The third-order valence-electron chi connectivity index (χ3n) is 4.77. The molecule has 0 saturated carbocycles. The molecule has 0 aromatic carbocycles. The summed E-state index contributed by atoms with van der Waals surface area (Å²) in [6, 6.07) is 0. The van der Waals surface area contributed by atoms with Crippen LogP contribution in [0.2, 0.25) is 0 Å². The third kappa shape index (κ3) is 1.94. The fourth-order valence-corrected chi connectivity index (χ4v) is 3.37. The van der Waals surface area contributed by atoms with Crippen LogP contribution in [0.1, 0.15) is 47.0 Å². The van der Waals surface area contributed by atoms with Crippen molar-refractivity contribution in [2.75, 3.05) is 0 Å². The van der Waals surface area contributed by atoms with E-state index >= 15 is 0 Å². The topological polar surface area (TPSA) is 57.5 Å². The lowest BCUT2D eigenvalue weighted by Crippen LogP contribution is -2.43. The highest BCUT2D eigenvalue weighted by molar-refractivity contribution is 6.02. The molecule has 3 nitrogen and oxygen atoms in total. The molecule has 0 amide bonds. The van der Waals surface area contributed by atoms with Crippen molar-refractivity contribution in [1.82, 2.24) is 0 Å². The van der Waals surface area contributed by atoms with Crippen LogP contribution in [0.5, 0.6) is 0 Å². The molecule has 0 bridgehead atoms. The van der Waals surface area contributed by atoms with Gasteiger partial charge in [-0.05, 0) is 38.0 Å². The van der Waals surface area contributed by atoms with E-state index in [2.05, 4.69) is 6.92 Å². The van der Waals surface area contributed by atoms with Gasteiger partial charge in [0.25, 0.3) is 0 Å². The standard InChI is InChI=1S/C15H24O3/c1-8(2)10-7-11-9(3)5-6-12(16)15(4,18)13(11)14(10)17/h8-10,12,16,18H,5-7H2,1-4H3/t9-,10-,12+,15+/m0/s1. The van der Waals surface area contributed by atoms with Crippen LogP contribution in [-0.2, 0) is 4.79 Å². The molecule has 102 valence electrons. The van der Waals surface area contributed by atoms with Gasteiger partial charge in [-0.2, -0.15) is 0 Å². The van der Waals surface area contributed by atoms with Gasteiger partial charge in [0, 0.05) is 11.5 Å². The van der Waals surface area contributed by atoms with Crippen molar-refractivity contribution in [1.29, 1.82) is 0 Å². The largest absolute Gasteiger partial charge is 0.390 e. The van der Waals surface area contributed by atoms with E-state index < -0.39 is 11.7 Å². The van der Waals surface area contributed by atoms with Crippen molar-refractivity contribution >= 4 is 5.78 Å². The van der Waals surface area contributed by atoms with Crippen LogP contribution in [-0.4, -0.2) is 27.7 Å². The highest BCUT2D eigenvalue weighted by Gasteiger charge is 2.48. The van der Waals surface area contributed by atoms with E-state index in [0.717, 1.165) is 18.4 Å². The van der Waals surface area contributed by atoms with E-state index in [4.69, 9.17) is 0 Å². The third-order valence-corrected chi connectivity index (χ3v) is 4.77. The number of rotatable bonds is 1. The van der Waals surface area contributed by atoms with Crippen molar-refractivity contribution in [3.63, 3.8) is 0 Å². The maximum atomic E-state index is 12.5. The molecular weight excluding hydrogens is 228 g/mol. The monoisotopic (exact) mass is 252 g/mol. The van der Waals surface area contributed by atoms with Crippen LogP contribution in [0.15, 0.2) is 11.1 Å². The first kappa shape index (κ1) is 13.8. The van der Waals surface area contributed by atoms with Crippen LogP contribution in [0, 0.1) is 17.8 Å². The summed E-state index contributed by atoms with van der Waals surface area (Å²) in [4.78, 5) is 12.5. The quantitative estimate of drug-likeness (QED) is 0.751. The molecule has 0 aliphatic heterocycles. The molecular formula is C15H24O3. The normalized spacial score (nSPS) is 41.3. The summed E-state index contributed by atoms with van der Waals surface area (Å²) < 4.78 is 0. The number of aliphatic hydroxyl groups excluding tert-OH is 1. The van der Waals surface area contributed by atoms with E-state index in [1.807, 2.05) is 13.8 Å². The van der Waals surface area contributed by atoms with Gasteiger partial charge < -0.3 is 10.2 Å². The number of hydrogen-bond acceptors (Lipinski definition) is 3. The lowest BCUT2D eigenvalue weighted by molar-refractivity contribution is -0.123.